The van der Waals surface area contributed by atoms with Crippen molar-refractivity contribution in [2.45, 2.75) is 137 Å². The molecule has 0 heterocycles. The predicted molar refractivity (Wildman–Crippen MR) is 229 cm³/mol. The molecule has 59 heavy (non-hydrogen) atoms. The summed E-state index contributed by atoms with van der Waals surface area (Å²) in [5.74, 6) is -0.654. The molecule has 2 unspecified atom stereocenters. The molecule has 321 valence electrons. The van der Waals surface area contributed by atoms with E-state index in [1.807, 2.05) is 38.5 Å². The van der Waals surface area contributed by atoms with Gasteiger partial charge in [0, 0.05) is 52.5 Å². The van der Waals surface area contributed by atoms with E-state index in [1.54, 1.807) is 23.9 Å². The number of carbonyl (C=O) groups is 2. The number of ether oxygens (including phenoxy) is 2. The van der Waals surface area contributed by atoms with Crippen molar-refractivity contribution < 1.29 is 28.4 Å². The second kappa shape index (κ2) is 19.0. The van der Waals surface area contributed by atoms with Crippen molar-refractivity contribution in [1.29, 1.82) is 10.8 Å². The van der Waals surface area contributed by atoms with Crippen LogP contribution in [0.3, 0.4) is 0 Å². The zero-order valence-corrected chi connectivity index (χ0v) is 35.6. The summed E-state index contributed by atoms with van der Waals surface area (Å²) in [4.78, 5) is 30.5. The third kappa shape index (κ3) is 10.4. The first-order chi connectivity index (χ1) is 28.2. The number of rotatable bonds is 20. The van der Waals surface area contributed by atoms with Gasteiger partial charge in [0.25, 0.3) is 11.8 Å². The fraction of sp³-hybridized carbons (Fsp3) is 0.636. The van der Waals surface area contributed by atoms with Crippen LogP contribution < -0.4 is 22.1 Å². The van der Waals surface area contributed by atoms with E-state index in [0.29, 0.717) is 49.9 Å². The highest BCUT2D eigenvalue weighted by molar-refractivity contribution is 6.18. The normalized spacial score (nSPS) is 26.7. The molecule has 8 rings (SSSR count). The molecule has 6 saturated carbocycles. The smallest absolute Gasteiger partial charge is 0.393 e. The maximum absolute atomic E-state index is 13.6. The first-order valence-electron chi connectivity index (χ1n) is 21.4. The number of methoxy groups -OCH3 is 2. The van der Waals surface area contributed by atoms with E-state index in [2.05, 4.69) is 34.9 Å². The van der Waals surface area contributed by atoms with E-state index in [0.717, 1.165) is 77.0 Å². The van der Waals surface area contributed by atoms with Crippen LogP contribution in [-0.2, 0) is 29.6 Å². The molecule has 6 aliphatic rings. The van der Waals surface area contributed by atoms with E-state index < -0.39 is 12.5 Å². The van der Waals surface area contributed by atoms with E-state index in [-0.39, 0.29) is 45.8 Å². The molecule has 15 heteroatoms. The Bertz CT molecular complexity index is 1600. The molecule has 0 aromatic heterocycles. The van der Waals surface area contributed by atoms with Crippen LogP contribution in [0.25, 0.3) is 0 Å². The van der Waals surface area contributed by atoms with E-state index in [9.17, 15) is 9.59 Å². The summed E-state index contributed by atoms with van der Waals surface area (Å²) < 4.78 is 23.9. The molecular weight excluding hydrogens is 747 g/mol. The van der Waals surface area contributed by atoms with Gasteiger partial charge in [0.05, 0.1) is 11.2 Å². The van der Waals surface area contributed by atoms with Crippen LogP contribution in [0.4, 0.5) is 0 Å². The Hall–Kier alpha value is -4.18. The van der Waals surface area contributed by atoms with Gasteiger partial charge in [0.15, 0.2) is 11.9 Å². The van der Waals surface area contributed by atoms with Crippen LogP contribution >= 0.6 is 0 Å². The molecule has 2 atom stereocenters. The molecule has 2 aromatic carbocycles. The van der Waals surface area contributed by atoms with Gasteiger partial charge in [-0.1, -0.05) is 24.3 Å². The summed E-state index contributed by atoms with van der Waals surface area (Å²) in [7, 11) is 8.32. The molecule has 0 saturated heterocycles. The minimum absolute atomic E-state index is 0.0316. The third-order valence-corrected chi connectivity index (χ3v) is 14.5. The highest BCUT2D eigenvalue weighted by atomic mass is 16.6. The zero-order valence-electron chi connectivity index (χ0n) is 35.6. The molecule has 4 bridgehead atoms. The molecule has 6 aliphatic carbocycles. The average molecular weight is 814 g/mol. The molecule has 2 aromatic rings. The van der Waals surface area contributed by atoms with Crippen LogP contribution in [0.1, 0.15) is 135 Å². The van der Waals surface area contributed by atoms with Crippen molar-refractivity contribution in [3.05, 3.63) is 70.8 Å². The van der Waals surface area contributed by atoms with Crippen LogP contribution in [-0.4, -0.2) is 106 Å². The van der Waals surface area contributed by atoms with Crippen molar-refractivity contribution in [3.8, 4) is 0 Å². The van der Waals surface area contributed by atoms with Gasteiger partial charge in [-0.05, 0) is 149 Å². The van der Waals surface area contributed by atoms with Gasteiger partial charge < -0.3 is 50.7 Å². The number of hydrogen-bond acceptors (Lipinski definition) is 8. The minimum atomic E-state index is -0.763. The maximum atomic E-state index is 13.6. The number of amides is 2. The van der Waals surface area contributed by atoms with Gasteiger partial charge in [0.2, 0.25) is 0 Å². The Balaban J connectivity index is 1.07. The van der Waals surface area contributed by atoms with Gasteiger partial charge in [-0.15, -0.1) is 0 Å². The lowest BCUT2D eigenvalue weighted by Crippen LogP contribution is -2.49. The van der Waals surface area contributed by atoms with Crippen LogP contribution in [0.5, 0.6) is 0 Å². The Labute approximate surface area is 351 Å². The second-order valence-electron chi connectivity index (χ2n) is 17.7. The lowest BCUT2D eigenvalue weighted by Gasteiger charge is -2.53. The minimum Gasteiger partial charge on any atom is -0.393 e. The number of benzene rings is 2. The summed E-state index contributed by atoms with van der Waals surface area (Å²) in [5, 5.41) is 21.5. The lowest BCUT2D eigenvalue weighted by molar-refractivity contribution is -0.0956. The number of nitrogens with two attached hydrogens (primary N) is 2. The van der Waals surface area contributed by atoms with Gasteiger partial charge in [0.1, 0.15) is 12.5 Å². The van der Waals surface area contributed by atoms with Gasteiger partial charge in [-0.2, -0.15) is 0 Å². The highest BCUT2D eigenvalue weighted by Crippen LogP contribution is 2.56. The molecule has 0 aliphatic heterocycles. The standard InChI is InChI=1S/C44H66BN8O6/c1-52(39(46)47)29-5-7-35(50-37(54)31-9-13-33(14-10-31)41-17-23-43(56-3,24-18-41)25-19-41)58-45-59-36(8-6-30-53(2)40(48)49)51-38(55)32-11-15-34(16-12-32)42-20-26-44(57-4,27-21-42)28-22-42/h9-16,35-36H,5-8,17-30H2,1-4H3,(H3,46,47)(H3,48,49)(H,50,54)(H,51,55). The number of nitrogens with one attached hydrogen (secondary N) is 4. The maximum Gasteiger partial charge on any atom is 0.491 e. The van der Waals surface area contributed by atoms with Gasteiger partial charge in [-0.25, -0.2) is 0 Å². The molecule has 2 amide bonds. The third-order valence-electron chi connectivity index (χ3n) is 14.5. The monoisotopic (exact) mass is 814 g/mol. The van der Waals surface area contributed by atoms with Crippen molar-refractivity contribution in [1.82, 2.24) is 20.4 Å². The number of hydrogen-bond donors (Lipinski definition) is 6. The molecular formula is C44H66BN8O6. The first kappa shape index (κ1) is 44.4. The summed E-state index contributed by atoms with van der Waals surface area (Å²) in [6.07, 6.45) is 13.3. The topological polar surface area (TPSA) is 201 Å². The number of nitrogens with zero attached hydrogens (tertiary/aromatic N) is 2. The average Bonchev–Trinajstić information content (AvgIpc) is 3.27. The Kier molecular flexibility index (Phi) is 14.3. The summed E-state index contributed by atoms with van der Waals surface area (Å²) >= 11 is 0. The number of carbonyl (C=O) groups excluding carboxylic acids is 2. The zero-order chi connectivity index (χ0) is 42.3. The highest BCUT2D eigenvalue weighted by Gasteiger charge is 2.50. The Morgan fingerprint density at radius 1 is 0.627 bits per heavy atom. The van der Waals surface area contributed by atoms with E-state index in [1.165, 1.54) is 18.8 Å². The van der Waals surface area contributed by atoms with Gasteiger partial charge in [-0.3, -0.25) is 20.4 Å². The fourth-order valence-corrected chi connectivity index (χ4v) is 9.97. The first-order valence-corrected chi connectivity index (χ1v) is 21.4. The fourth-order valence-electron chi connectivity index (χ4n) is 9.97. The van der Waals surface area contributed by atoms with E-state index >= 15 is 0 Å². The Morgan fingerprint density at radius 2 is 0.949 bits per heavy atom. The summed E-state index contributed by atoms with van der Waals surface area (Å²) in [6.45, 7) is 0.979. The largest absolute Gasteiger partial charge is 0.491 e. The Morgan fingerprint density at radius 3 is 1.24 bits per heavy atom. The lowest BCUT2D eigenvalue weighted by atomic mass is 9.56. The molecule has 14 nitrogen and oxygen atoms in total. The molecule has 0 spiro atoms. The van der Waals surface area contributed by atoms with Crippen molar-refractivity contribution >= 4 is 31.4 Å². The van der Waals surface area contributed by atoms with Crippen molar-refractivity contribution in [2.24, 2.45) is 11.5 Å². The molecule has 1 radical (unpaired) electrons. The van der Waals surface area contributed by atoms with Gasteiger partial charge >= 0.3 is 7.69 Å². The number of guanidine groups is 2. The molecule has 8 N–H and O–H groups in total. The van der Waals surface area contributed by atoms with Crippen LogP contribution in [0.15, 0.2) is 48.5 Å². The van der Waals surface area contributed by atoms with E-state index in [4.69, 9.17) is 41.1 Å². The summed E-state index contributed by atoms with van der Waals surface area (Å²) in [6, 6.07) is 15.9. The van der Waals surface area contributed by atoms with Crippen LogP contribution in [0, 0.1) is 10.8 Å². The SMILES string of the molecule is COC12CCC(c3ccc(C(=O)NC(CCCN(C)C(=N)N)O[B]OC(CCCN(C)C(=N)N)NC(=O)c4ccc(C56CCC(OC)(CC5)CC6)cc4)cc3)(CC1)CC2. The second-order valence-corrected chi connectivity index (χ2v) is 17.7. The number of fused-ring (bicyclic) bond motifs is 6. The van der Waals surface area contributed by atoms with Crippen molar-refractivity contribution in [2.75, 3.05) is 41.4 Å². The summed E-state index contributed by atoms with van der Waals surface area (Å²) in [5.41, 5.74) is 15.3. The predicted octanol–water partition coefficient (Wildman–Crippen LogP) is 5.26. The van der Waals surface area contributed by atoms with Crippen LogP contribution in [0.2, 0.25) is 0 Å². The van der Waals surface area contributed by atoms with Crippen molar-refractivity contribution in [3.63, 3.8) is 0 Å². The quantitative estimate of drug-likeness (QED) is 0.0444. The molecule has 6 fully saturated rings.